The summed E-state index contributed by atoms with van der Waals surface area (Å²) in [6, 6.07) is 26.0. The van der Waals surface area contributed by atoms with E-state index in [2.05, 4.69) is 94.0 Å². The second-order valence-electron chi connectivity index (χ2n) is 8.51. The number of hydrogen-bond donors (Lipinski definition) is 0. The maximum atomic E-state index is 4.40. The van der Waals surface area contributed by atoms with Crippen molar-refractivity contribution in [3.05, 3.63) is 96.3 Å². The van der Waals surface area contributed by atoms with E-state index in [9.17, 15) is 0 Å². The molecule has 2 aromatic carbocycles. The summed E-state index contributed by atoms with van der Waals surface area (Å²) in [5.74, 6) is 1.21. The fourth-order valence-electron chi connectivity index (χ4n) is 4.54. The molecule has 1 unspecified atom stereocenters. The Hall–Kier alpha value is -2.14. The summed E-state index contributed by atoms with van der Waals surface area (Å²) in [5.41, 5.74) is 2.86. The molecule has 3 nitrogen and oxygen atoms in total. The molecule has 0 radical (unpaired) electrons. The van der Waals surface area contributed by atoms with Crippen LogP contribution < -0.4 is 0 Å². The van der Waals surface area contributed by atoms with Crippen molar-refractivity contribution in [1.29, 1.82) is 0 Å². The van der Waals surface area contributed by atoms with Crippen LogP contribution in [0.2, 0.25) is 0 Å². The van der Waals surface area contributed by atoms with Gasteiger partial charge in [0.1, 0.15) is 0 Å². The van der Waals surface area contributed by atoms with Gasteiger partial charge in [-0.1, -0.05) is 54.6 Å². The van der Waals surface area contributed by atoms with E-state index in [1.54, 1.807) is 0 Å². The maximum Gasteiger partial charge on any atom is 0.0303 e. The first kappa shape index (κ1) is 22.1. The van der Waals surface area contributed by atoms with Gasteiger partial charge in [-0.3, -0.25) is 4.98 Å². The van der Waals surface area contributed by atoms with Gasteiger partial charge < -0.3 is 4.90 Å². The molecule has 1 aliphatic rings. The lowest BCUT2D eigenvalue weighted by Gasteiger charge is -2.33. The molecule has 0 amide bonds. The van der Waals surface area contributed by atoms with E-state index >= 15 is 0 Å². The van der Waals surface area contributed by atoms with Crippen LogP contribution in [0.1, 0.15) is 42.2 Å². The first-order valence-electron chi connectivity index (χ1n) is 11.4. The standard InChI is InChI=1S/C27H33N3S/c1-29(31-27-12-6-3-7-13-27)22-26(25-11-8-17-28-21-25)16-20-30-18-14-24(15-19-30)23-9-4-2-5-10-23/h2-13,17,21,24,26H,14-16,18-20,22H2,1H3. The number of piperidine rings is 1. The van der Waals surface area contributed by atoms with Crippen molar-refractivity contribution >= 4 is 11.9 Å². The highest BCUT2D eigenvalue weighted by atomic mass is 32.2. The number of aromatic nitrogens is 1. The van der Waals surface area contributed by atoms with Gasteiger partial charge >= 0.3 is 0 Å². The SMILES string of the molecule is CN(CC(CCN1CCC(c2ccccc2)CC1)c1cccnc1)Sc1ccccc1. The second-order valence-corrected chi connectivity index (χ2v) is 9.79. The van der Waals surface area contributed by atoms with Crippen LogP contribution in [0.3, 0.4) is 0 Å². The quantitative estimate of drug-likeness (QED) is 0.383. The predicted octanol–water partition coefficient (Wildman–Crippen LogP) is 6.07. The molecule has 2 heterocycles. The number of rotatable bonds is 9. The van der Waals surface area contributed by atoms with Crippen LogP contribution in [0.4, 0.5) is 0 Å². The largest absolute Gasteiger partial charge is 0.303 e. The summed E-state index contributed by atoms with van der Waals surface area (Å²) in [4.78, 5) is 8.35. The Bertz CT molecular complexity index is 880. The van der Waals surface area contributed by atoms with Crippen LogP contribution in [0.15, 0.2) is 90.1 Å². The van der Waals surface area contributed by atoms with Gasteiger partial charge in [-0.15, -0.1) is 0 Å². The molecule has 0 bridgehead atoms. The lowest BCUT2D eigenvalue weighted by molar-refractivity contribution is 0.203. The molecule has 1 aliphatic heterocycles. The van der Waals surface area contributed by atoms with Gasteiger partial charge in [0.15, 0.2) is 0 Å². The highest BCUT2D eigenvalue weighted by Crippen LogP contribution is 2.30. The molecule has 1 fully saturated rings. The van der Waals surface area contributed by atoms with Gasteiger partial charge in [0.2, 0.25) is 0 Å². The molecule has 1 aromatic heterocycles. The predicted molar refractivity (Wildman–Crippen MR) is 131 cm³/mol. The van der Waals surface area contributed by atoms with Gasteiger partial charge in [0, 0.05) is 29.8 Å². The van der Waals surface area contributed by atoms with Gasteiger partial charge in [-0.05, 0) is 93.1 Å². The summed E-state index contributed by atoms with van der Waals surface area (Å²) in [5, 5.41) is 0. The van der Waals surface area contributed by atoms with Crippen molar-refractivity contribution in [3.8, 4) is 0 Å². The van der Waals surface area contributed by atoms with E-state index in [4.69, 9.17) is 0 Å². The van der Waals surface area contributed by atoms with Crippen molar-refractivity contribution in [2.75, 3.05) is 33.2 Å². The van der Waals surface area contributed by atoms with Crippen LogP contribution in [0, 0.1) is 0 Å². The third-order valence-electron chi connectivity index (χ3n) is 6.29. The average molecular weight is 432 g/mol. The smallest absolute Gasteiger partial charge is 0.0303 e. The fourth-order valence-corrected chi connectivity index (χ4v) is 5.44. The normalized spacial score (nSPS) is 16.5. The van der Waals surface area contributed by atoms with Gasteiger partial charge in [-0.25, -0.2) is 4.31 Å². The summed E-state index contributed by atoms with van der Waals surface area (Å²) in [7, 11) is 2.20. The molecule has 4 heteroatoms. The van der Waals surface area contributed by atoms with Crippen molar-refractivity contribution < 1.29 is 0 Å². The van der Waals surface area contributed by atoms with Crippen molar-refractivity contribution in [1.82, 2.24) is 14.2 Å². The van der Waals surface area contributed by atoms with Crippen LogP contribution >= 0.6 is 11.9 Å². The van der Waals surface area contributed by atoms with E-state index in [1.165, 1.54) is 48.4 Å². The molecule has 0 N–H and O–H groups in total. The molecule has 1 atom stereocenters. The molecular weight excluding hydrogens is 398 g/mol. The number of likely N-dealkylation sites (N-methyl/N-ethyl adjacent to an activating group) is 1. The second kappa shape index (κ2) is 11.5. The molecule has 4 rings (SSSR count). The summed E-state index contributed by atoms with van der Waals surface area (Å²) in [6.07, 6.45) is 7.63. The molecule has 162 valence electrons. The highest BCUT2D eigenvalue weighted by molar-refractivity contribution is 7.97. The number of likely N-dealkylation sites (tertiary alicyclic amines) is 1. The van der Waals surface area contributed by atoms with Crippen LogP contribution in [-0.2, 0) is 0 Å². The first-order valence-corrected chi connectivity index (χ1v) is 12.2. The highest BCUT2D eigenvalue weighted by Gasteiger charge is 2.22. The minimum absolute atomic E-state index is 0.488. The average Bonchev–Trinajstić information content (AvgIpc) is 2.84. The van der Waals surface area contributed by atoms with E-state index in [0.29, 0.717) is 5.92 Å². The Morgan fingerprint density at radius 2 is 1.68 bits per heavy atom. The molecule has 1 saturated heterocycles. The summed E-state index contributed by atoms with van der Waals surface area (Å²) in [6.45, 7) is 4.58. The maximum absolute atomic E-state index is 4.40. The number of pyridine rings is 1. The number of nitrogens with zero attached hydrogens (tertiary/aromatic N) is 3. The molecule has 0 spiro atoms. The van der Waals surface area contributed by atoms with Crippen molar-refractivity contribution in [2.24, 2.45) is 0 Å². The summed E-state index contributed by atoms with van der Waals surface area (Å²) >= 11 is 1.83. The fraction of sp³-hybridized carbons (Fsp3) is 0.370. The van der Waals surface area contributed by atoms with Crippen molar-refractivity contribution in [2.45, 2.75) is 36.0 Å². The molecule has 0 aliphatic carbocycles. The third-order valence-corrected chi connectivity index (χ3v) is 7.23. The lowest BCUT2D eigenvalue weighted by Crippen LogP contribution is -2.35. The zero-order valence-corrected chi connectivity index (χ0v) is 19.3. The zero-order chi connectivity index (χ0) is 21.3. The zero-order valence-electron chi connectivity index (χ0n) is 18.4. The topological polar surface area (TPSA) is 19.4 Å². The molecule has 3 aromatic rings. The van der Waals surface area contributed by atoms with Gasteiger partial charge in [0.25, 0.3) is 0 Å². The first-order chi connectivity index (χ1) is 15.3. The third kappa shape index (κ3) is 6.67. The molecular formula is C27H33N3S. The van der Waals surface area contributed by atoms with Crippen molar-refractivity contribution in [3.63, 3.8) is 0 Å². The van der Waals surface area contributed by atoms with Crippen LogP contribution in [0.5, 0.6) is 0 Å². The number of hydrogen-bond acceptors (Lipinski definition) is 4. The van der Waals surface area contributed by atoms with E-state index in [-0.39, 0.29) is 0 Å². The Morgan fingerprint density at radius 1 is 0.968 bits per heavy atom. The van der Waals surface area contributed by atoms with E-state index in [0.717, 1.165) is 19.0 Å². The Morgan fingerprint density at radius 3 is 2.35 bits per heavy atom. The van der Waals surface area contributed by atoms with Crippen LogP contribution in [-0.4, -0.2) is 47.4 Å². The van der Waals surface area contributed by atoms with E-state index in [1.807, 2.05) is 24.3 Å². The summed E-state index contributed by atoms with van der Waals surface area (Å²) < 4.78 is 2.37. The monoisotopic (exact) mass is 431 g/mol. The Labute approximate surface area is 191 Å². The van der Waals surface area contributed by atoms with Gasteiger partial charge in [0.05, 0.1) is 0 Å². The minimum Gasteiger partial charge on any atom is -0.303 e. The van der Waals surface area contributed by atoms with E-state index < -0.39 is 0 Å². The van der Waals surface area contributed by atoms with Crippen LogP contribution in [0.25, 0.3) is 0 Å². The molecule has 0 saturated carbocycles. The van der Waals surface area contributed by atoms with Gasteiger partial charge in [-0.2, -0.15) is 0 Å². The Balaban J connectivity index is 1.31. The lowest BCUT2D eigenvalue weighted by atomic mass is 9.89. The Kier molecular flexibility index (Phi) is 8.17. The number of benzene rings is 2. The molecule has 31 heavy (non-hydrogen) atoms. The minimum atomic E-state index is 0.488.